The third-order valence-electron chi connectivity index (χ3n) is 3.36. The first-order valence-electron chi connectivity index (χ1n) is 6.30. The quantitative estimate of drug-likeness (QED) is 0.778. The molecular formula is C15H16N4. The molecule has 0 saturated carbocycles. The molecule has 3 rings (SSSR count). The van der Waals surface area contributed by atoms with Gasteiger partial charge in [0.05, 0.1) is 24.0 Å². The molecule has 4 heteroatoms. The molecule has 0 bridgehead atoms. The summed E-state index contributed by atoms with van der Waals surface area (Å²) in [6.45, 7) is 2.09. The van der Waals surface area contributed by atoms with E-state index in [0.29, 0.717) is 0 Å². The molecule has 4 nitrogen and oxygen atoms in total. The maximum absolute atomic E-state index is 4.37. The van der Waals surface area contributed by atoms with Crippen LogP contribution in [0.4, 0.5) is 0 Å². The number of hydrogen-bond acceptors (Lipinski definition) is 3. The Kier molecular flexibility index (Phi) is 3.01. The molecule has 1 aromatic carbocycles. The van der Waals surface area contributed by atoms with Gasteiger partial charge in [0.25, 0.3) is 0 Å². The van der Waals surface area contributed by atoms with E-state index in [2.05, 4.69) is 46.6 Å². The van der Waals surface area contributed by atoms with Crippen LogP contribution in [0.25, 0.3) is 5.52 Å². The first kappa shape index (κ1) is 11.9. The minimum atomic E-state index is 0.127. The van der Waals surface area contributed by atoms with Gasteiger partial charge in [0.15, 0.2) is 0 Å². The maximum atomic E-state index is 4.37. The third kappa shape index (κ3) is 2.11. The molecule has 0 radical (unpaired) electrons. The lowest BCUT2D eigenvalue weighted by molar-refractivity contribution is 0.696. The van der Waals surface area contributed by atoms with E-state index in [1.54, 1.807) is 6.20 Å². The number of fused-ring (bicyclic) bond motifs is 1. The minimum absolute atomic E-state index is 0.127. The SMILES string of the molecule is CNC(c1ccc(C)cc1)c1cnn2ccncc12. The molecule has 3 aromatic rings. The zero-order valence-corrected chi connectivity index (χ0v) is 11.0. The van der Waals surface area contributed by atoms with Crippen LogP contribution in [0.5, 0.6) is 0 Å². The molecule has 0 saturated heterocycles. The van der Waals surface area contributed by atoms with Crippen LogP contribution < -0.4 is 5.32 Å². The minimum Gasteiger partial charge on any atom is -0.309 e. The Bertz CT molecular complexity index is 685. The topological polar surface area (TPSA) is 42.2 Å². The van der Waals surface area contributed by atoms with Crippen molar-refractivity contribution in [3.63, 3.8) is 0 Å². The van der Waals surface area contributed by atoms with Gasteiger partial charge in [-0.15, -0.1) is 0 Å². The predicted molar refractivity (Wildman–Crippen MR) is 75.1 cm³/mol. The lowest BCUT2D eigenvalue weighted by Crippen LogP contribution is -2.17. The fourth-order valence-corrected chi connectivity index (χ4v) is 2.34. The van der Waals surface area contributed by atoms with Crippen LogP contribution in [0.3, 0.4) is 0 Å². The van der Waals surface area contributed by atoms with Gasteiger partial charge in [-0.1, -0.05) is 29.8 Å². The van der Waals surface area contributed by atoms with Crippen molar-refractivity contribution < 1.29 is 0 Å². The molecule has 0 aliphatic carbocycles. The van der Waals surface area contributed by atoms with Crippen molar-refractivity contribution in [1.82, 2.24) is 19.9 Å². The molecule has 1 N–H and O–H groups in total. The first-order valence-corrected chi connectivity index (χ1v) is 6.30. The highest BCUT2D eigenvalue weighted by Gasteiger charge is 2.16. The van der Waals surface area contributed by atoms with Crippen molar-refractivity contribution in [2.24, 2.45) is 0 Å². The van der Waals surface area contributed by atoms with E-state index in [0.717, 1.165) is 11.1 Å². The number of rotatable bonds is 3. The van der Waals surface area contributed by atoms with Crippen molar-refractivity contribution in [3.8, 4) is 0 Å². The second kappa shape index (κ2) is 4.82. The summed E-state index contributed by atoms with van der Waals surface area (Å²) in [5.74, 6) is 0. The van der Waals surface area contributed by atoms with Crippen molar-refractivity contribution in [2.45, 2.75) is 13.0 Å². The van der Waals surface area contributed by atoms with Gasteiger partial charge >= 0.3 is 0 Å². The number of aryl methyl sites for hydroxylation is 1. The van der Waals surface area contributed by atoms with Crippen molar-refractivity contribution in [3.05, 3.63) is 65.7 Å². The number of hydrogen-bond donors (Lipinski definition) is 1. The largest absolute Gasteiger partial charge is 0.309 e. The molecule has 2 heterocycles. The van der Waals surface area contributed by atoms with Gasteiger partial charge in [0.2, 0.25) is 0 Å². The zero-order valence-electron chi connectivity index (χ0n) is 11.0. The van der Waals surface area contributed by atoms with E-state index in [1.165, 1.54) is 11.1 Å². The summed E-state index contributed by atoms with van der Waals surface area (Å²) in [7, 11) is 1.96. The summed E-state index contributed by atoms with van der Waals surface area (Å²) in [4.78, 5) is 4.18. The molecule has 0 fully saturated rings. The molecule has 0 aliphatic rings. The van der Waals surface area contributed by atoms with Crippen LogP contribution in [0.15, 0.2) is 49.1 Å². The van der Waals surface area contributed by atoms with Gasteiger partial charge in [-0.3, -0.25) is 4.98 Å². The fraction of sp³-hybridized carbons (Fsp3) is 0.200. The van der Waals surface area contributed by atoms with Crippen LogP contribution in [0, 0.1) is 6.92 Å². The number of nitrogens with one attached hydrogen (secondary N) is 1. The average Bonchev–Trinajstić information content (AvgIpc) is 2.86. The van der Waals surface area contributed by atoms with Gasteiger partial charge < -0.3 is 5.32 Å². The highest BCUT2D eigenvalue weighted by atomic mass is 15.2. The van der Waals surface area contributed by atoms with E-state index < -0.39 is 0 Å². The molecule has 0 amide bonds. The standard InChI is InChI=1S/C15H16N4/c1-11-3-5-12(6-4-11)15(16-2)13-9-18-19-8-7-17-10-14(13)19/h3-10,15-16H,1-2H3. The van der Waals surface area contributed by atoms with E-state index >= 15 is 0 Å². The summed E-state index contributed by atoms with van der Waals surface area (Å²) >= 11 is 0. The van der Waals surface area contributed by atoms with Crippen molar-refractivity contribution in [1.29, 1.82) is 0 Å². The van der Waals surface area contributed by atoms with E-state index in [9.17, 15) is 0 Å². The lowest BCUT2D eigenvalue weighted by atomic mass is 9.99. The van der Waals surface area contributed by atoms with Crippen LogP contribution in [0.1, 0.15) is 22.7 Å². The van der Waals surface area contributed by atoms with Gasteiger partial charge in [0.1, 0.15) is 0 Å². The second-order valence-electron chi connectivity index (χ2n) is 4.64. The summed E-state index contributed by atoms with van der Waals surface area (Å²) in [5, 5.41) is 7.72. The summed E-state index contributed by atoms with van der Waals surface area (Å²) in [6, 6.07) is 8.68. The van der Waals surface area contributed by atoms with Gasteiger partial charge in [-0.25, -0.2) is 4.52 Å². The van der Waals surface area contributed by atoms with Crippen LogP contribution >= 0.6 is 0 Å². The van der Waals surface area contributed by atoms with Crippen LogP contribution in [-0.4, -0.2) is 21.6 Å². The average molecular weight is 252 g/mol. The Labute approximate surface area is 112 Å². The summed E-state index contributed by atoms with van der Waals surface area (Å²) in [5.41, 5.74) is 4.66. The van der Waals surface area contributed by atoms with Gasteiger partial charge in [-0.05, 0) is 19.5 Å². The molecule has 0 spiro atoms. The highest BCUT2D eigenvalue weighted by Crippen LogP contribution is 2.25. The third-order valence-corrected chi connectivity index (χ3v) is 3.36. The van der Waals surface area contributed by atoms with E-state index in [1.807, 2.05) is 30.2 Å². The molecule has 0 aliphatic heterocycles. The Balaban J connectivity index is 2.09. The zero-order chi connectivity index (χ0) is 13.2. The molecule has 19 heavy (non-hydrogen) atoms. The van der Waals surface area contributed by atoms with E-state index in [-0.39, 0.29) is 6.04 Å². The molecular weight excluding hydrogens is 236 g/mol. The number of nitrogens with zero attached hydrogens (tertiary/aromatic N) is 3. The van der Waals surface area contributed by atoms with Crippen molar-refractivity contribution in [2.75, 3.05) is 7.05 Å². The lowest BCUT2D eigenvalue weighted by Gasteiger charge is -2.15. The summed E-state index contributed by atoms with van der Waals surface area (Å²) in [6.07, 6.45) is 7.35. The Morgan fingerprint density at radius 2 is 1.95 bits per heavy atom. The monoisotopic (exact) mass is 252 g/mol. The van der Waals surface area contributed by atoms with Crippen LogP contribution in [-0.2, 0) is 0 Å². The maximum Gasteiger partial charge on any atom is 0.0896 e. The normalized spacial score (nSPS) is 12.7. The number of benzene rings is 1. The smallest absolute Gasteiger partial charge is 0.0896 e. The molecule has 2 aromatic heterocycles. The fourth-order valence-electron chi connectivity index (χ4n) is 2.34. The molecule has 96 valence electrons. The highest BCUT2D eigenvalue weighted by molar-refractivity contribution is 5.55. The second-order valence-corrected chi connectivity index (χ2v) is 4.64. The van der Waals surface area contributed by atoms with Gasteiger partial charge in [-0.2, -0.15) is 5.10 Å². The van der Waals surface area contributed by atoms with E-state index in [4.69, 9.17) is 0 Å². The van der Waals surface area contributed by atoms with Crippen molar-refractivity contribution >= 4 is 5.52 Å². The molecule has 1 atom stereocenters. The Morgan fingerprint density at radius 3 is 2.68 bits per heavy atom. The summed E-state index contributed by atoms with van der Waals surface area (Å²) < 4.78 is 1.85. The predicted octanol–water partition coefficient (Wildman–Crippen LogP) is 2.35. The molecule has 1 unspecified atom stereocenters. The van der Waals surface area contributed by atoms with Gasteiger partial charge in [0, 0.05) is 18.0 Å². The number of aromatic nitrogens is 3. The first-order chi connectivity index (χ1) is 9.29. The van der Waals surface area contributed by atoms with Crippen LogP contribution in [0.2, 0.25) is 0 Å². The Morgan fingerprint density at radius 1 is 1.16 bits per heavy atom. The Hall–Kier alpha value is -2.20.